The molecular weight excluding hydrogens is 370 g/mol. The van der Waals surface area contributed by atoms with Gasteiger partial charge in [-0.15, -0.1) is 0 Å². The summed E-state index contributed by atoms with van der Waals surface area (Å²) in [4.78, 5) is 11.7. The molecule has 2 atom stereocenters. The first-order valence-corrected chi connectivity index (χ1v) is 10.0. The molecule has 2 aromatic carbocycles. The summed E-state index contributed by atoms with van der Waals surface area (Å²) in [7, 11) is -3.74. The number of hydrazine groups is 1. The molecule has 0 bridgehead atoms. The molecule has 144 valence electrons. The molecular formula is C18H21N3O5S. The monoisotopic (exact) mass is 391 g/mol. The lowest BCUT2D eigenvalue weighted by Gasteiger charge is -2.14. The lowest BCUT2D eigenvalue weighted by molar-refractivity contribution is -0.145. The summed E-state index contributed by atoms with van der Waals surface area (Å²) in [6.45, 7) is 1.94. The smallest absolute Gasteiger partial charge is 0.324 e. The molecule has 0 amide bonds. The van der Waals surface area contributed by atoms with Crippen LogP contribution in [0.4, 0.5) is 5.69 Å². The van der Waals surface area contributed by atoms with Gasteiger partial charge < -0.3 is 9.47 Å². The number of benzene rings is 2. The van der Waals surface area contributed by atoms with E-state index in [1.165, 1.54) is 0 Å². The largest absolute Gasteiger partial charge is 0.465 e. The van der Waals surface area contributed by atoms with Gasteiger partial charge in [0.15, 0.2) is 0 Å². The molecule has 27 heavy (non-hydrogen) atoms. The van der Waals surface area contributed by atoms with E-state index < -0.39 is 27.4 Å². The van der Waals surface area contributed by atoms with Crippen LogP contribution in [0.15, 0.2) is 54.6 Å². The summed E-state index contributed by atoms with van der Waals surface area (Å²) in [5.41, 5.74) is 5.68. The third-order valence-electron chi connectivity index (χ3n) is 3.91. The molecule has 3 rings (SSSR count). The van der Waals surface area contributed by atoms with Crippen molar-refractivity contribution in [3.8, 4) is 11.5 Å². The van der Waals surface area contributed by atoms with Crippen molar-refractivity contribution in [1.82, 2.24) is 10.9 Å². The maximum absolute atomic E-state index is 12.5. The van der Waals surface area contributed by atoms with Gasteiger partial charge in [-0.25, -0.2) is 19.3 Å². The summed E-state index contributed by atoms with van der Waals surface area (Å²) in [5, 5.41) is -0.952. The summed E-state index contributed by atoms with van der Waals surface area (Å²) < 4.78 is 38.1. The van der Waals surface area contributed by atoms with Gasteiger partial charge >= 0.3 is 5.97 Å². The zero-order valence-corrected chi connectivity index (χ0v) is 15.5. The number of ether oxygens (including phenoxy) is 2. The van der Waals surface area contributed by atoms with Gasteiger partial charge in [0.1, 0.15) is 22.9 Å². The minimum atomic E-state index is -3.74. The van der Waals surface area contributed by atoms with Gasteiger partial charge in [0.05, 0.1) is 6.61 Å². The number of nitrogens with one attached hydrogen (secondary N) is 3. The number of hydrogen-bond acceptors (Lipinski definition) is 7. The minimum Gasteiger partial charge on any atom is -0.465 e. The van der Waals surface area contributed by atoms with Crippen molar-refractivity contribution in [3.05, 3.63) is 54.6 Å². The molecule has 3 N–H and O–H groups in total. The summed E-state index contributed by atoms with van der Waals surface area (Å²) in [5.74, 6) is 0.800. The highest BCUT2D eigenvalue weighted by molar-refractivity contribution is 7.93. The van der Waals surface area contributed by atoms with E-state index in [-0.39, 0.29) is 13.0 Å². The average molecular weight is 391 g/mol. The Labute approximate surface area is 157 Å². The second kappa shape index (κ2) is 8.38. The van der Waals surface area contributed by atoms with E-state index in [4.69, 9.17) is 9.47 Å². The van der Waals surface area contributed by atoms with Crippen molar-refractivity contribution in [2.75, 3.05) is 11.3 Å². The maximum Gasteiger partial charge on any atom is 0.324 e. The van der Waals surface area contributed by atoms with Crippen molar-refractivity contribution in [2.24, 2.45) is 0 Å². The number of anilines is 1. The second-order valence-corrected chi connectivity index (χ2v) is 7.77. The van der Waals surface area contributed by atoms with Gasteiger partial charge in [-0.05, 0) is 43.3 Å². The van der Waals surface area contributed by atoms with Gasteiger partial charge in [-0.1, -0.05) is 18.2 Å². The molecule has 0 aromatic heterocycles. The second-order valence-electron chi connectivity index (χ2n) is 5.90. The van der Waals surface area contributed by atoms with Crippen LogP contribution < -0.4 is 20.3 Å². The lowest BCUT2D eigenvalue weighted by Crippen LogP contribution is -2.41. The van der Waals surface area contributed by atoms with E-state index >= 15 is 0 Å². The van der Waals surface area contributed by atoms with Crippen LogP contribution in [0.5, 0.6) is 11.5 Å². The van der Waals surface area contributed by atoms with Crippen molar-refractivity contribution in [3.63, 3.8) is 0 Å². The summed E-state index contributed by atoms with van der Waals surface area (Å²) in [6.07, 6.45) is 0.0728. The molecule has 1 aliphatic heterocycles. The number of rotatable bonds is 7. The zero-order valence-electron chi connectivity index (χ0n) is 14.7. The van der Waals surface area contributed by atoms with E-state index in [9.17, 15) is 13.2 Å². The van der Waals surface area contributed by atoms with Crippen LogP contribution >= 0.6 is 0 Å². The third-order valence-corrected chi connectivity index (χ3v) is 5.49. The number of carbonyl (C=O) groups is 1. The van der Waals surface area contributed by atoms with Crippen molar-refractivity contribution < 1.29 is 22.7 Å². The van der Waals surface area contributed by atoms with E-state index in [1.54, 1.807) is 31.2 Å². The summed E-state index contributed by atoms with van der Waals surface area (Å²) in [6, 6.07) is 15.1. The highest BCUT2D eigenvalue weighted by atomic mass is 32.2. The predicted molar refractivity (Wildman–Crippen MR) is 101 cm³/mol. The van der Waals surface area contributed by atoms with Crippen LogP contribution in [-0.2, 0) is 19.6 Å². The maximum atomic E-state index is 12.5. The van der Waals surface area contributed by atoms with Gasteiger partial charge in [-0.2, -0.15) is 0 Å². The molecule has 0 radical (unpaired) electrons. The first kappa shape index (κ1) is 19.2. The van der Waals surface area contributed by atoms with Crippen LogP contribution in [0.1, 0.15) is 13.3 Å². The molecule has 0 saturated carbocycles. The fourth-order valence-corrected chi connectivity index (χ4v) is 3.85. The Kier molecular flexibility index (Phi) is 5.94. The van der Waals surface area contributed by atoms with Gasteiger partial charge in [0.25, 0.3) is 0 Å². The Hall–Kier alpha value is -2.62. The number of carbonyl (C=O) groups excluding carboxylic acids is 1. The van der Waals surface area contributed by atoms with Gasteiger partial charge in [0.2, 0.25) is 10.0 Å². The number of sulfonamides is 1. The first-order valence-electron chi connectivity index (χ1n) is 8.50. The van der Waals surface area contributed by atoms with E-state index in [0.717, 1.165) is 0 Å². The highest BCUT2D eigenvalue weighted by Crippen LogP contribution is 2.24. The molecule has 8 nitrogen and oxygen atoms in total. The molecule has 1 saturated heterocycles. The number of esters is 1. The molecule has 0 aliphatic carbocycles. The fourth-order valence-electron chi connectivity index (χ4n) is 2.58. The Morgan fingerprint density at radius 3 is 2.41 bits per heavy atom. The van der Waals surface area contributed by atoms with Crippen molar-refractivity contribution in [1.29, 1.82) is 0 Å². The Balaban J connectivity index is 1.60. The van der Waals surface area contributed by atoms with Crippen LogP contribution in [0, 0.1) is 0 Å². The Morgan fingerprint density at radius 2 is 1.74 bits per heavy atom. The SMILES string of the molecule is CCOC(=O)C1CC(S(=O)(=O)Nc2ccc(Oc3ccccc3)cc2)NN1. The van der Waals surface area contributed by atoms with E-state index in [0.29, 0.717) is 17.2 Å². The molecule has 2 aromatic rings. The average Bonchev–Trinajstić information content (AvgIpc) is 3.16. The van der Waals surface area contributed by atoms with Crippen LogP contribution in [0.25, 0.3) is 0 Å². The standard InChI is InChI=1S/C18H21N3O5S/c1-2-25-18(22)16-12-17(20-19-16)27(23,24)21-13-8-10-15(11-9-13)26-14-6-4-3-5-7-14/h3-11,16-17,19-21H,2,12H2,1H3. The Bertz CT molecular complexity index is 872. The van der Waals surface area contributed by atoms with Crippen LogP contribution in [0.2, 0.25) is 0 Å². The van der Waals surface area contributed by atoms with Crippen LogP contribution in [-0.4, -0.2) is 32.4 Å². The molecule has 1 aliphatic rings. The quantitative estimate of drug-likeness (QED) is 0.620. The molecule has 0 spiro atoms. The lowest BCUT2D eigenvalue weighted by atomic mass is 10.2. The van der Waals surface area contributed by atoms with Crippen molar-refractivity contribution in [2.45, 2.75) is 24.8 Å². The fraction of sp³-hybridized carbons (Fsp3) is 0.278. The Morgan fingerprint density at radius 1 is 1.07 bits per heavy atom. The third kappa shape index (κ3) is 4.97. The van der Waals surface area contributed by atoms with Gasteiger partial charge in [0, 0.05) is 12.1 Å². The zero-order chi connectivity index (χ0) is 19.3. The first-order chi connectivity index (χ1) is 13.0. The van der Waals surface area contributed by atoms with Crippen molar-refractivity contribution >= 4 is 21.7 Å². The predicted octanol–water partition coefficient (Wildman–Crippen LogP) is 1.98. The normalized spacial score (nSPS) is 19.4. The minimum absolute atomic E-state index is 0.0728. The number of hydrogen-bond donors (Lipinski definition) is 3. The topological polar surface area (TPSA) is 106 Å². The molecule has 2 unspecified atom stereocenters. The molecule has 9 heteroatoms. The molecule has 1 heterocycles. The number of para-hydroxylation sites is 1. The summed E-state index contributed by atoms with van der Waals surface area (Å²) >= 11 is 0. The van der Waals surface area contributed by atoms with E-state index in [2.05, 4.69) is 15.6 Å². The van der Waals surface area contributed by atoms with Crippen LogP contribution in [0.3, 0.4) is 0 Å². The highest BCUT2D eigenvalue weighted by Gasteiger charge is 2.37. The van der Waals surface area contributed by atoms with E-state index in [1.807, 2.05) is 30.3 Å². The molecule has 1 fully saturated rings. The van der Waals surface area contributed by atoms with Gasteiger partial charge in [-0.3, -0.25) is 9.52 Å².